The number of unbranched alkanes of at least 4 members (excludes halogenated alkanes) is 1. The van der Waals surface area contributed by atoms with Crippen molar-refractivity contribution in [3.63, 3.8) is 0 Å². The topological polar surface area (TPSA) is 59.8 Å². The van der Waals surface area contributed by atoms with Crippen LogP contribution < -0.4 is 5.32 Å². The Kier molecular flexibility index (Phi) is 7.17. The Labute approximate surface area is 197 Å². The van der Waals surface area contributed by atoms with Gasteiger partial charge in [0.25, 0.3) is 5.91 Å². The van der Waals surface area contributed by atoms with E-state index in [1.165, 1.54) is 4.88 Å². The molecule has 0 saturated carbocycles. The van der Waals surface area contributed by atoms with Crippen molar-refractivity contribution in [3.05, 3.63) is 69.1 Å². The van der Waals surface area contributed by atoms with Crippen LogP contribution in [-0.2, 0) is 13.0 Å². The van der Waals surface area contributed by atoms with E-state index in [0.29, 0.717) is 6.54 Å². The van der Waals surface area contributed by atoms with E-state index in [4.69, 9.17) is 4.98 Å². The Balaban J connectivity index is 1.71. The van der Waals surface area contributed by atoms with Crippen molar-refractivity contribution in [2.75, 3.05) is 6.54 Å². The quantitative estimate of drug-likeness (QED) is 0.301. The Morgan fingerprint density at radius 1 is 1.19 bits per heavy atom. The van der Waals surface area contributed by atoms with Crippen molar-refractivity contribution in [2.45, 2.75) is 46.6 Å². The Morgan fingerprint density at radius 2 is 2.06 bits per heavy atom. The van der Waals surface area contributed by atoms with E-state index >= 15 is 0 Å². The summed E-state index contributed by atoms with van der Waals surface area (Å²) >= 11 is 3.35. The summed E-state index contributed by atoms with van der Waals surface area (Å²) in [5.74, 6) is -0.0145. The molecule has 0 unspecified atom stereocenters. The second kappa shape index (κ2) is 10.2. The zero-order valence-electron chi connectivity index (χ0n) is 18.7. The van der Waals surface area contributed by atoms with Crippen molar-refractivity contribution in [1.82, 2.24) is 19.9 Å². The Hall–Kier alpha value is -2.77. The van der Waals surface area contributed by atoms with E-state index in [9.17, 15) is 4.79 Å². The van der Waals surface area contributed by atoms with Gasteiger partial charge in [0.15, 0.2) is 0 Å². The molecule has 1 N–H and O–H groups in total. The maximum absolute atomic E-state index is 12.9. The molecule has 4 aromatic rings. The number of pyridine rings is 1. The molecular formula is C25H28N4OS2. The number of carbonyl (C=O) groups excluding carboxylic acids is 1. The number of nitrogens with one attached hydrogen (secondary N) is 1. The molecule has 32 heavy (non-hydrogen) atoms. The SMILES string of the molecule is CCCCNC(=O)c1cc(-c2csc(-c3ccnc(CC)c3)n2)n(Cc2cccs2)c1C. The highest BCUT2D eigenvalue weighted by Crippen LogP contribution is 2.32. The molecule has 0 aliphatic heterocycles. The number of hydrogen-bond acceptors (Lipinski definition) is 5. The minimum absolute atomic E-state index is 0.0145. The van der Waals surface area contributed by atoms with Crippen molar-refractivity contribution in [3.8, 4) is 22.0 Å². The molecule has 0 spiro atoms. The fraction of sp³-hybridized carbons (Fsp3) is 0.320. The van der Waals surface area contributed by atoms with Gasteiger partial charge in [-0.05, 0) is 49.4 Å². The molecule has 0 saturated heterocycles. The molecule has 4 aromatic heterocycles. The minimum Gasteiger partial charge on any atom is -0.352 e. The van der Waals surface area contributed by atoms with Crippen LogP contribution in [0, 0.1) is 6.92 Å². The van der Waals surface area contributed by atoms with Crippen molar-refractivity contribution >= 4 is 28.6 Å². The van der Waals surface area contributed by atoms with Gasteiger partial charge in [0.1, 0.15) is 5.01 Å². The zero-order valence-corrected chi connectivity index (χ0v) is 20.4. The van der Waals surface area contributed by atoms with Crippen LogP contribution in [0.4, 0.5) is 0 Å². The number of nitrogens with zero attached hydrogens (tertiary/aromatic N) is 3. The number of aromatic nitrogens is 3. The van der Waals surface area contributed by atoms with E-state index in [1.54, 1.807) is 22.7 Å². The lowest BCUT2D eigenvalue weighted by atomic mass is 10.2. The van der Waals surface area contributed by atoms with Crippen LogP contribution in [0.15, 0.2) is 47.3 Å². The molecule has 0 aromatic carbocycles. The van der Waals surface area contributed by atoms with E-state index in [0.717, 1.165) is 64.7 Å². The molecule has 0 aliphatic rings. The molecular weight excluding hydrogens is 436 g/mol. The first-order valence-electron chi connectivity index (χ1n) is 11.0. The van der Waals surface area contributed by atoms with Crippen molar-refractivity contribution in [1.29, 1.82) is 0 Å². The van der Waals surface area contributed by atoms with Gasteiger partial charge >= 0.3 is 0 Å². The van der Waals surface area contributed by atoms with Crippen LogP contribution in [0.3, 0.4) is 0 Å². The fourth-order valence-corrected chi connectivity index (χ4v) is 5.16. The number of carbonyl (C=O) groups is 1. The summed E-state index contributed by atoms with van der Waals surface area (Å²) in [6.45, 7) is 7.67. The van der Waals surface area contributed by atoms with Crippen molar-refractivity contribution in [2.24, 2.45) is 0 Å². The number of amides is 1. The molecule has 1 amide bonds. The predicted molar refractivity (Wildman–Crippen MR) is 134 cm³/mol. The lowest BCUT2D eigenvalue weighted by Crippen LogP contribution is -2.24. The fourth-order valence-electron chi connectivity index (χ4n) is 3.65. The third-order valence-corrected chi connectivity index (χ3v) is 7.27. The summed E-state index contributed by atoms with van der Waals surface area (Å²) < 4.78 is 2.21. The van der Waals surface area contributed by atoms with Gasteiger partial charge in [-0.3, -0.25) is 9.78 Å². The number of thiophene rings is 1. The van der Waals surface area contributed by atoms with Crippen molar-refractivity contribution < 1.29 is 4.79 Å². The molecule has 0 fully saturated rings. The smallest absolute Gasteiger partial charge is 0.253 e. The predicted octanol–water partition coefficient (Wildman–Crippen LogP) is 6.18. The monoisotopic (exact) mass is 464 g/mol. The maximum atomic E-state index is 12.9. The normalized spacial score (nSPS) is 11.1. The van der Waals surface area contributed by atoms with Crippen LogP contribution in [0.2, 0.25) is 0 Å². The summed E-state index contributed by atoms with van der Waals surface area (Å²) in [5.41, 5.74) is 5.70. The number of thiazole rings is 1. The first-order valence-corrected chi connectivity index (χ1v) is 12.8. The highest BCUT2D eigenvalue weighted by molar-refractivity contribution is 7.13. The van der Waals surface area contributed by atoms with Crippen LogP contribution in [0.1, 0.15) is 53.3 Å². The molecule has 7 heteroatoms. The van der Waals surface area contributed by atoms with Gasteiger partial charge in [-0.2, -0.15) is 0 Å². The second-order valence-corrected chi connectivity index (χ2v) is 9.62. The molecule has 0 aliphatic carbocycles. The maximum Gasteiger partial charge on any atom is 0.253 e. The standard InChI is InChI=1S/C25H28N4OS2/c1-4-6-10-27-24(30)21-14-23(29(17(21)3)15-20-8-7-12-31-20)22-16-32-25(28-22)18-9-11-26-19(5-2)13-18/h7-9,11-14,16H,4-6,10,15H2,1-3H3,(H,27,30). The molecule has 0 radical (unpaired) electrons. The Bertz CT molecular complexity index is 1190. The van der Waals surface area contributed by atoms with Crippen LogP contribution >= 0.6 is 22.7 Å². The molecule has 0 bridgehead atoms. The van der Waals surface area contributed by atoms with Gasteiger partial charge in [-0.15, -0.1) is 22.7 Å². The molecule has 166 valence electrons. The molecule has 0 atom stereocenters. The number of rotatable bonds is 9. The summed E-state index contributed by atoms with van der Waals surface area (Å²) in [5, 5.41) is 8.19. The van der Waals surface area contributed by atoms with Crippen LogP contribution in [0.5, 0.6) is 0 Å². The Morgan fingerprint density at radius 3 is 2.81 bits per heavy atom. The molecule has 4 rings (SSSR count). The molecule has 5 nitrogen and oxygen atoms in total. The first-order chi connectivity index (χ1) is 15.6. The largest absolute Gasteiger partial charge is 0.352 e. The van der Waals surface area contributed by atoms with E-state index in [-0.39, 0.29) is 5.91 Å². The third-order valence-electron chi connectivity index (χ3n) is 5.51. The van der Waals surface area contributed by atoms with Gasteiger partial charge in [0, 0.05) is 40.0 Å². The van der Waals surface area contributed by atoms with Gasteiger partial charge in [-0.25, -0.2) is 4.98 Å². The average molecular weight is 465 g/mol. The van der Waals surface area contributed by atoms with Gasteiger partial charge in [0.2, 0.25) is 0 Å². The van der Waals surface area contributed by atoms with E-state index in [2.05, 4.69) is 57.7 Å². The average Bonchev–Trinajstić information content (AvgIpc) is 3.56. The highest BCUT2D eigenvalue weighted by Gasteiger charge is 2.20. The molecule has 4 heterocycles. The first kappa shape index (κ1) is 22.4. The van der Waals surface area contributed by atoms with Gasteiger partial charge in [-0.1, -0.05) is 26.3 Å². The lowest BCUT2D eigenvalue weighted by molar-refractivity contribution is 0.0952. The van der Waals surface area contributed by atoms with E-state index in [1.807, 2.05) is 25.3 Å². The number of aryl methyl sites for hydroxylation is 1. The summed E-state index contributed by atoms with van der Waals surface area (Å²) in [4.78, 5) is 23.5. The minimum atomic E-state index is -0.0145. The summed E-state index contributed by atoms with van der Waals surface area (Å²) in [6, 6.07) is 10.3. The van der Waals surface area contributed by atoms with Gasteiger partial charge in [0.05, 0.1) is 23.5 Å². The van der Waals surface area contributed by atoms with E-state index < -0.39 is 0 Å². The van der Waals surface area contributed by atoms with Crippen LogP contribution in [-0.4, -0.2) is 27.0 Å². The highest BCUT2D eigenvalue weighted by atomic mass is 32.1. The summed E-state index contributed by atoms with van der Waals surface area (Å²) in [7, 11) is 0. The second-order valence-electron chi connectivity index (χ2n) is 7.73. The zero-order chi connectivity index (χ0) is 22.5. The number of hydrogen-bond donors (Lipinski definition) is 1. The third kappa shape index (κ3) is 4.84. The van der Waals surface area contributed by atoms with Crippen LogP contribution in [0.25, 0.3) is 22.0 Å². The van der Waals surface area contributed by atoms with Gasteiger partial charge < -0.3 is 9.88 Å². The summed E-state index contributed by atoms with van der Waals surface area (Å²) in [6.07, 6.45) is 4.78. The lowest BCUT2D eigenvalue weighted by Gasteiger charge is -2.10.